The summed E-state index contributed by atoms with van der Waals surface area (Å²) in [7, 11) is 0. The Morgan fingerprint density at radius 2 is 1.00 bits per heavy atom. The first-order valence-electron chi connectivity index (χ1n) is 16.4. The van der Waals surface area contributed by atoms with Crippen molar-refractivity contribution in [1.82, 2.24) is 25.6 Å². The number of amides is 2. The van der Waals surface area contributed by atoms with Crippen molar-refractivity contribution in [3.05, 3.63) is 90.0 Å². The molecule has 2 amide bonds. The molecule has 4 rings (SSSR count). The number of aromatic hydroxyl groups is 1. The second kappa shape index (κ2) is 23.0. The third-order valence-electron chi connectivity index (χ3n) is 6.76. The van der Waals surface area contributed by atoms with E-state index in [2.05, 4.69) is 64.1 Å². The fourth-order valence-corrected chi connectivity index (χ4v) is 4.59. The van der Waals surface area contributed by atoms with E-state index in [1.165, 1.54) is 0 Å². The predicted octanol–water partition coefficient (Wildman–Crippen LogP) is 4.14. The molecule has 0 spiro atoms. The van der Waals surface area contributed by atoms with Gasteiger partial charge in [0, 0.05) is 46.6 Å². The first-order chi connectivity index (χ1) is 25.0. The van der Waals surface area contributed by atoms with Crippen molar-refractivity contribution >= 4 is 63.6 Å². The van der Waals surface area contributed by atoms with Gasteiger partial charge in [-0.05, 0) is 60.7 Å². The number of hydrogen-bond donors (Lipinski definition) is 6. The lowest BCUT2D eigenvalue weighted by atomic mass is 10.2. The van der Waals surface area contributed by atoms with Crippen molar-refractivity contribution in [2.24, 2.45) is 0 Å². The minimum atomic E-state index is -0.209. The average Bonchev–Trinajstić information content (AvgIpc) is 3.15. The number of nitrogens with one attached hydrogen (secondary N) is 5. The van der Waals surface area contributed by atoms with Crippen LogP contribution < -0.4 is 26.6 Å². The van der Waals surface area contributed by atoms with E-state index in [1.54, 1.807) is 60.7 Å². The summed E-state index contributed by atoms with van der Waals surface area (Å²) >= 11 is 2.25. The third-order valence-corrected chi connectivity index (χ3v) is 7.20. The Morgan fingerprint density at radius 1 is 0.549 bits per heavy atom. The Bertz CT molecular complexity index is 1600. The van der Waals surface area contributed by atoms with Crippen molar-refractivity contribution < 1.29 is 33.6 Å². The fourth-order valence-electron chi connectivity index (χ4n) is 4.28. The summed E-state index contributed by atoms with van der Waals surface area (Å²) in [6.45, 7) is 4.81. The van der Waals surface area contributed by atoms with E-state index in [-0.39, 0.29) is 29.5 Å². The highest BCUT2D eigenvalue weighted by Crippen LogP contribution is 2.21. The van der Waals surface area contributed by atoms with Gasteiger partial charge < -0.3 is 50.6 Å². The van der Waals surface area contributed by atoms with Crippen molar-refractivity contribution in [2.75, 3.05) is 92.9 Å². The zero-order valence-corrected chi connectivity index (χ0v) is 30.3. The van der Waals surface area contributed by atoms with Crippen LogP contribution in [0.1, 0.15) is 20.7 Å². The molecule has 0 fully saturated rings. The van der Waals surface area contributed by atoms with Crippen LogP contribution in [0.5, 0.6) is 5.75 Å². The van der Waals surface area contributed by atoms with E-state index in [9.17, 15) is 14.7 Å². The number of aromatic nitrogens is 3. The van der Waals surface area contributed by atoms with Crippen molar-refractivity contribution in [3.63, 3.8) is 0 Å². The van der Waals surface area contributed by atoms with E-state index in [1.807, 2.05) is 18.2 Å². The van der Waals surface area contributed by atoms with E-state index in [0.717, 1.165) is 4.43 Å². The van der Waals surface area contributed by atoms with E-state index in [4.69, 9.17) is 18.9 Å². The molecule has 0 aliphatic carbocycles. The quantitative estimate of drug-likeness (QED) is 0.0257. The lowest BCUT2D eigenvalue weighted by Crippen LogP contribution is -2.27. The van der Waals surface area contributed by atoms with Gasteiger partial charge in [0.1, 0.15) is 5.75 Å². The standard InChI is InChI=1S/C35H43IN8O7/c36-14-18-48-22-23-49-20-16-38-32(47)27-6-8-28(9-7-27)40-34-42-33(43-35(44-34)41-29-10-12-30(45)13-11-29)39-17-21-51-25-24-50-19-15-37-31(46)26-4-2-1-3-5-26/h1-13,45H,14-25H2,(H,37,46)(H,38,47)(H3,39,40,41,42,43,44). The topological polar surface area (TPSA) is 190 Å². The van der Waals surface area contributed by atoms with Gasteiger partial charge in [0.25, 0.3) is 11.8 Å². The number of carbonyl (C=O) groups is 2. The number of hydrogen-bond acceptors (Lipinski definition) is 13. The number of carbonyl (C=O) groups excluding carboxylic acids is 2. The molecule has 16 heteroatoms. The molecular formula is C35H43IN8O7. The zero-order valence-electron chi connectivity index (χ0n) is 28.1. The van der Waals surface area contributed by atoms with Crippen LogP contribution in [0.4, 0.5) is 29.2 Å². The largest absolute Gasteiger partial charge is 0.508 e. The smallest absolute Gasteiger partial charge is 0.251 e. The molecule has 6 N–H and O–H groups in total. The Morgan fingerprint density at radius 3 is 1.53 bits per heavy atom. The van der Waals surface area contributed by atoms with Crippen LogP contribution in [0.15, 0.2) is 78.9 Å². The van der Waals surface area contributed by atoms with Gasteiger partial charge in [-0.3, -0.25) is 9.59 Å². The molecule has 51 heavy (non-hydrogen) atoms. The maximum absolute atomic E-state index is 12.6. The first kappa shape index (κ1) is 39.2. The van der Waals surface area contributed by atoms with Crippen LogP contribution in [0, 0.1) is 0 Å². The Labute approximate surface area is 310 Å². The van der Waals surface area contributed by atoms with Gasteiger partial charge in [0.2, 0.25) is 17.8 Å². The molecule has 0 aliphatic rings. The molecule has 0 bridgehead atoms. The number of rotatable bonds is 24. The summed E-state index contributed by atoms with van der Waals surface area (Å²) in [5, 5.41) is 24.7. The van der Waals surface area contributed by atoms with Gasteiger partial charge in [-0.1, -0.05) is 40.8 Å². The first-order valence-corrected chi connectivity index (χ1v) is 17.9. The highest BCUT2D eigenvalue weighted by atomic mass is 127. The number of halogens is 1. The summed E-state index contributed by atoms with van der Waals surface area (Å²) in [4.78, 5) is 38.0. The van der Waals surface area contributed by atoms with Crippen LogP contribution in [-0.2, 0) is 18.9 Å². The van der Waals surface area contributed by atoms with Gasteiger partial charge in [0.15, 0.2) is 0 Å². The van der Waals surface area contributed by atoms with E-state index < -0.39 is 0 Å². The van der Waals surface area contributed by atoms with Gasteiger partial charge in [-0.25, -0.2) is 0 Å². The minimum absolute atomic E-state index is 0.138. The number of phenolic OH excluding ortho intramolecular Hbond substituents is 1. The summed E-state index contributed by atoms with van der Waals surface area (Å²) in [6, 6.07) is 22.4. The molecular weight excluding hydrogens is 771 g/mol. The highest BCUT2D eigenvalue weighted by molar-refractivity contribution is 14.1. The number of ether oxygens (including phenoxy) is 4. The SMILES string of the molecule is O=C(NCCOCCOCCI)c1ccc(Nc2nc(NCCOCCOCCNC(=O)c3ccccc3)nc(Nc3ccc(O)cc3)n2)cc1. The number of benzene rings is 3. The van der Waals surface area contributed by atoms with Crippen molar-refractivity contribution in [3.8, 4) is 5.75 Å². The maximum Gasteiger partial charge on any atom is 0.251 e. The third kappa shape index (κ3) is 15.4. The number of nitrogens with zero attached hydrogens (tertiary/aromatic N) is 3. The molecule has 1 heterocycles. The van der Waals surface area contributed by atoms with Crippen molar-refractivity contribution in [2.45, 2.75) is 0 Å². The lowest BCUT2D eigenvalue weighted by Gasteiger charge is -2.12. The molecule has 0 unspecified atom stereocenters. The monoisotopic (exact) mass is 814 g/mol. The summed E-state index contributed by atoms with van der Waals surface area (Å²) in [5.41, 5.74) is 2.44. The van der Waals surface area contributed by atoms with Gasteiger partial charge >= 0.3 is 0 Å². The summed E-state index contributed by atoms with van der Waals surface area (Å²) in [5.74, 6) is 0.624. The zero-order chi connectivity index (χ0) is 35.9. The Hall–Kier alpha value is -4.62. The molecule has 4 aromatic rings. The second-order valence-corrected chi connectivity index (χ2v) is 11.7. The Balaban J connectivity index is 1.21. The van der Waals surface area contributed by atoms with Crippen LogP contribution in [0.2, 0.25) is 0 Å². The fraction of sp³-hybridized carbons (Fsp3) is 0.343. The van der Waals surface area contributed by atoms with E-state index >= 15 is 0 Å². The lowest BCUT2D eigenvalue weighted by molar-refractivity contribution is 0.0519. The molecule has 0 saturated carbocycles. The van der Waals surface area contributed by atoms with Gasteiger partial charge in [-0.2, -0.15) is 15.0 Å². The Kier molecular flexibility index (Phi) is 17.6. The van der Waals surface area contributed by atoms with Gasteiger partial charge in [-0.15, -0.1) is 0 Å². The molecule has 0 aliphatic heterocycles. The van der Waals surface area contributed by atoms with Crippen molar-refractivity contribution in [1.29, 1.82) is 0 Å². The minimum Gasteiger partial charge on any atom is -0.508 e. The van der Waals surface area contributed by atoms with Crippen LogP contribution in [0.25, 0.3) is 0 Å². The van der Waals surface area contributed by atoms with Gasteiger partial charge in [0.05, 0.1) is 52.9 Å². The molecule has 272 valence electrons. The summed E-state index contributed by atoms with van der Waals surface area (Å²) in [6.07, 6.45) is 0. The molecule has 0 radical (unpaired) electrons. The summed E-state index contributed by atoms with van der Waals surface area (Å²) < 4.78 is 23.0. The molecule has 0 atom stereocenters. The number of anilines is 5. The van der Waals surface area contributed by atoms with Crippen LogP contribution in [-0.4, -0.2) is 109 Å². The molecule has 3 aromatic carbocycles. The van der Waals surface area contributed by atoms with Crippen LogP contribution >= 0.6 is 22.6 Å². The van der Waals surface area contributed by atoms with E-state index in [0.29, 0.717) is 101 Å². The average molecular weight is 815 g/mol. The molecule has 15 nitrogen and oxygen atoms in total. The maximum atomic E-state index is 12.6. The highest BCUT2D eigenvalue weighted by Gasteiger charge is 2.10. The number of phenols is 1. The number of alkyl halides is 1. The van der Waals surface area contributed by atoms with Crippen LogP contribution in [0.3, 0.4) is 0 Å². The second-order valence-electron chi connectivity index (χ2n) is 10.6. The predicted molar refractivity (Wildman–Crippen MR) is 203 cm³/mol. The molecule has 0 saturated heterocycles. The molecule has 1 aromatic heterocycles. The normalized spacial score (nSPS) is 10.8.